The van der Waals surface area contributed by atoms with Gasteiger partial charge in [0.25, 0.3) is 5.91 Å². The lowest BCUT2D eigenvalue weighted by molar-refractivity contribution is 0.0527. The van der Waals surface area contributed by atoms with E-state index in [2.05, 4.69) is 27.8 Å². The molecule has 0 atom stereocenters. The van der Waals surface area contributed by atoms with Crippen LogP contribution in [0.2, 0.25) is 0 Å². The van der Waals surface area contributed by atoms with Crippen LogP contribution in [0.1, 0.15) is 54.0 Å². The molecule has 1 heterocycles. The molecule has 138 valence electrons. The van der Waals surface area contributed by atoms with Crippen LogP contribution in [0.25, 0.3) is 0 Å². The summed E-state index contributed by atoms with van der Waals surface area (Å²) in [5, 5.41) is 13.8. The minimum Gasteiger partial charge on any atom is -0.462 e. The first-order valence-corrected chi connectivity index (χ1v) is 8.80. The Morgan fingerprint density at radius 1 is 1.04 bits per heavy atom. The molecule has 1 aromatic heterocycles. The minimum absolute atomic E-state index is 0.243. The van der Waals surface area contributed by atoms with Gasteiger partial charge in [0.2, 0.25) is 0 Å². The number of hydrogen-bond donors (Lipinski definition) is 2. The van der Waals surface area contributed by atoms with Crippen LogP contribution in [0, 0.1) is 0 Å². The van der Waals surface area contributed by atoms with Crippen LogP contribution in [0.4, 0.5) is 11.5 Å². The second-order valence-corrected chi connectivity index (χ2v) is 5.66. The van der Waals surface area contributed by atoms with Crippen LogP contribution in [0.3, 0.4) is 0 Å². The molecule has 2 N–H and O–H groups in total. The Hall–Kier alpha value is -2.96. The molecule has 0 aliphatic carbocycles. The Kier molecular flexibility index (Phi) is 7.54. The van der Waals surface area contributed by atoms with Crippen molar-refractivity contribution in [1.29, 1.82) is 0 Å². The molecule has 7 nitrogen and oxygen atoms in total. The molecule has 0 saturated heterocycles. The maximum Gasteiger partial charge on any atom is 0.340 e. The van der Waals surface area contributed by atoms with Crippen molar-refractivity contribution in [2.24, 2.45) is 0 Å². The fraction of sp³-hybridized carbons (Fsp3) is 0.368. The molecule has 0 aliphatic rings. The summed E-state index contributed by atoms with van der Waals surface area (Å²) in [4.78, 5) is 24.0. The average Bonchev–Trinajstić information content (AvgIpc) is 2.66. The Morgan fingerprint density at radius 3 is 2.54 bits per heavy atom. The Bertz CT molecular complexity index is 732. The highest BCUT2D eigenvalue weighted by Gasteiger charge is 2.13. The highest BCUT2D eigenvalue weighted by molar-refractivity contribution is 5.96. The molecule has 1 aromatic carbocycles. The molecule has 0 radical (unpaired) electrons. The number of benzene rings is 1. The summed E-state index contributed by atoms with van der Waals surface area (Å²) >= 11 is 0. The van der Waals surface area contributed by atoms with Crippen molar-refractivity contribution >= 4 is 23.4 Å². The van der Waals surface area contributed by atoms with Gasteiger partial charge in [-0.05, 0) is 37.6 Å². The van der Waals surface area contributed by atoms with Crippen molar-refractivity contribution in [2.75, 3.05) is 18.5 Å². The molecule has 26 heavy (non-hydrogen) atoms. The molecule has 2 aromatic rings. The summed E-state index contributed by atoms with van der Waals surface area (Å²) in [6.45, 7) is 4.79. The molecule has 0 unspecified atom stereocenters. The molecule has 0 spiro atoms. The van der Waals surface area contributed by atoms with Crippen LogP contribution in [0.15, 0.2) is 36.4 Å². The number of nitrogens with zero attached hydrogens (tertiary/aromatic N) is 2. The fourth-order valence-corrected chi connectivity index (χ4v) is 2.30. The normalized spacial score (nSPS) is 10.2. The summed E-state index contributed by atoms with van der Waals surface area (Å²) in [7, 11) is 0. The van der Waals surface area contributed by atoms with Crippen LogP contribution >= 0.6 is 0 Å². The Labute approximate surface area is 153 Å². The average molecular weight is 356 g/mol. The van der Waals surface area contributed by atoms with Gasteiger partial charge in [-0.2, -0.15) is 0 Å². The molecule has 2 rings (SSSR count). The first-order chi connectivity index (χ1) is 12.7. The summed E-state index contributed by atoms with van der Waals surface area (Å²) < 4.78 is 5.04. The van der Waals surface area contributed by atoms with Gasteiger partial charge < -0.3 is 15.4 Å². The molecular formula is C19H24N4O3. The number of anilines is 2. The number of unbranched alkanes of at least 4 members (excludes halogenated alkanes) is 2. The van der Waals surface area contributed by atoms with Crippen molar-refractivity contribution in [1.82, 2.24) is 15.5 Å². The Morgan fingerprint density at radius 2 is 1.85 bits per heavy atom. The van der Waals surface area contributed by atoms with Gasteiger partial charge in [0.15, 0.2) is 11.5 Å². The summed E-state index contributed by atoms with van der Waals surface area (Å²) in [6, 6.07) is 10.2. The second kappa shape index (κ2) is 10.1. The first-order valence-electron chi connectivity index (χ1n) is 8.80. The van der Waals surface area contributed by atoms with E-state index in [1.807, 2.05) is 0 Å². The van der Waals surface area contributed by atoms with Gasteiger partial charge in [0.05, 0.1) is 17.9 Å². The lowest BCUT2D eigenvalue weighted by Gasteiger charge is -2.10. The number of carbonyl (C=O) groups excluding carboxylic acids is 2. The molecule has 0 saturated carbocycles. The van der Waals surface area contributed by atoms with E-state index in [1.54, 1.807) is 43.3 Å². The van der Waals surface area contributed by atoms with Crippen LogP contribution in [-0.4, -0.2) is 35.2 Å². The SMILES string of the molecule is CCCCCNC(=O)c1ccc(Nc2ccccc2C(=O)OCC)nn1. The number of carbonyl (C=O) groups is 2. The minimum atomic E-state index is -0.411. The number of ether oxygens (including phenoxy) is 1. The van der Waals surface area contributed by atoms with E-state index in [-0.39, 0.29) is 11.6 Å². The van der Waals surface area contributed by atoms with Crippen molar-refractivity contribution in [3.63, 3.8) is 0 Å². The van der Waals surface area contributed by atoms with Gasteiger partial charge in [-0.15, -0.1) is 10.2 Å². The molecule has 0 bridgehead atoms. The van der Waals surface area contributed by atoms with Gasteiger partial charge in [-0.1, -0.05) is 31.9 Å². The van der Waals surface area contributed by atoms with E-state index in [1.165, 1.54) is 0 Å². The number of hydrogen-bond acceptors (Lipinski definition) is 6. The number of para-hydroxylation sites is 1. The number of rotatable bonds is 9. The van der Waals surface area contributed by atoms with Gasteiger partial charge >= 0.3 is 5.97 Å². The molecule has 1 amide bonds. The van der Waals surface area contributed by atoms with E-state index in [9.17, 15) is 9.59 Å². The summed E-state index contributed by atoms with van der Waals surface area (Å²) in [5.41, 5.74) is 1.23. The number of aromatic nitrogens is 2. The van der Waals surface area contributed by atoms with Crippen molar-refractivity contribution < 1.29 is 14.3 Å². The largest absolute Gasteiger partial charge is 0.462 e. The third-order valence-corrected chi connectivity index (χ3v) is 3.65. The highest BCUT2D eigenvalue weighted by Crippen LogP contribution is 2.20. The van der Waals surface area contributed by atoms with E-state index < -0.39 is 5.97 Å². The maximum absolute atomic E-state index is 12.0. The maximum atomic E-state index is 12.0. The van der Waals surface area contributed by atoms with E-state index in [4.69, 9.17) is 4.74 Å². The van der Waals surface area contributed by atoms with Gasteiger partial charge in [0.1, 0.15) is 0 Å². The van der Waals surface area contributed by atoms with E-state index in [0.717, 1.165) is 19.3 Å². The predicted octanol–water partition coefficient (Wildman–Crippen LogP) is 3.32. The highest BCUT2D eigenvalue weighted by atomic mass is 16.5. The monoisotopic (exact) mass is 356 g/mol. The lowest BCUT2D eigenvalue weighted by atomic mass is 10.2. The van der Waals surface area contributed by atoms with Crippen molar-refractivity contribution in [2.45, 2.75) is 33.1 Å². The lowest BCUT2D eigenvalue weighted by Crippen LogP contribution is -2.25. The summed E-state index contributed by atoms with van der Waals surface area (Å²) in [6.07, 6.45) is 3.12. The van der Waals surface area contributed by atoms with Gasteiger partial charge in [-0.3, -0.25) is 4.79 Å². The molecule has 0 fully saturated rings. The Balaban J connectivity index is 2.01. The third-order valence-electron chi connectivity index (χ3n) is 3.65. The molecule has 7 heteroatoms. The number of esters is 1. The number of nitrogens with one attached hydrogen (secondary N) is 2. The molecule has 0 aliphatic heterocycles. The van der Waals surface area contributed by atoms with E-state index in [0.29, 0.717) is 30.2 Å². The topological polar surface area (TPSA) is 93.2 Å². The van der Waals surface area contributed by atoms with Crippen molar-refractivity contribution in [3.05, 3.63) is 47.7 Å². The van der Waals surface area contributed by atoms with Crippen molar-refractivity contribution in [3.8, 4) is 0 Å². The second-order valence-electron chi connectivity index (χ2n) is 5.66. The van der Waals surface area contributed by atoms with Gasteiger partial charge in [-0.25, -0.2) is 4.79 Å². The zero-order chi connectivity index (χ0) is 18.8. The first kappa shape index (κ1) is 19.4. The number of amides is 1. The van der Waals surface area contributed by atoms with Gasteiger partial charge in [0, 0.05) is 6.54 Å². The summed E-state index contributed by atoms with van der Waals surface area (Å²) in [5.74, 6) is -0.219. The third kappa shape index (κ3) is 5.54. The van der Waals surface area contributed by atoms with Crippen LogP contribution in [-0.2, 0) is 4.74 Å². The fourth-order valence-electron chi connectivity index (χ4n) is 2.30. The standard InChI is InChI=1S/C19H24N4O3/c1-3-5-8-13-20-18(24)16-11-12-17(23-22-16)21-15-10-7-6-9-14(15)19(25)26-4-2/h6-7,9-12H,3-5,8,13H2,1-2H3,(H,20,24)(H,21,23). The zero-order valence-corrected chi connectivity index (χ0v) is 15.1. The smallest absolute Gasteiger partial charge is 0.340 e. The van der Waals surface area contributed by atoms with E-state index >= 15 is 0 Å². The van der Waals surface area contributed by atoms with Crippen LogP contribution in [0.5, 0.6) is 0 Å². The van der Waals surface area contributed by atoms with Crippen LogP contribution < -0.4 is 10.6 Å². The predicted molar refractivity (Wildman–Crippen MR) is 99.6 cm³/mol. The molecular weight excluding hydrogens is 332 g/mol. The zero-order valence-electron chi connectivity index (χ0n) is 15.1. The quantitative estimate of drug-likeness (QED) is 0.529.